The predicted octanol–water partition coefficient (Wildman–Crippen LogP) is 4.17. The normalized spacial score (nSPS) is 12.5. The molecule has 0 saturated heterocycles. The SMILES string of the molecule is Cc1c(Cl)cccc1NC(=NCc1cccnc1)NC(=O)c1ccc2c(c1)OCO2. The number of nitrogens with one attached hydrogen (secondary N) is 2. The molecular formula is C22H19ClN4O3. The van der Waals surface area contributed by atoms with E-state index in [2.05, 4.69) is 20.6 Å². The average molecular weight is 423 g/mol. The molecule has 0 radical (unpaired) electrons. The molecule has 30 heavy (non-hydrogen) atoms. The van der Waals surface area contributed by atoms with Gasteiger partial charge in [-0.05, 0) is 54.4 Å². The van der Waals surface area contributed by atoms with Crippen LogP contribution in [0.3, 0.4) is 0 Å². The summed E-state index contributed by atoms with van der Waals surface area (Å²) in [7, 11) is 0. The molecule has 2 N–H and O–H groups in total. The number of hydrogen-bond donors (Lipinski definition) is 2. The number of guanidine groups is 1. The van der Waals surface area contributed by atoms with E-state index in [0.29, 0.717) is 34.6 Å². The summed E-state index contributed by atoms with van der Waals surface area (Å²) in [4.78, 5) is 21.5. The number of pyridine rings is 1. The molecule has 0 saturated carbocycles. The van der Waals surface area contributed by atoms with Crippen molar-refractivity contribution in [2.75, 3.05) is 12.1 Å². The fourth-order valence-electron chi connectivity index (χ4n) is 2.86. The summed E-state index contributed by atoms with van der Waals surface area (Å²) < 4.78 is 10.7. The molecule has 152 valence electrons. The highest BCUT2D eigenvalue weighted by Crippen LogP contribution is 2.32. The van der Waals surface area contributed by atoms with Crippen LogP contribution in [-0.2, 0) is 6.54 Å². The number of carbonyl (C=O) groups excluding carboxylic acids is 1. The Morgan fingerprint density at radius 2 is 2.03 bits per heavy atom. The summed E-state index contributed by atoms with van der Waals surface area (Å²) >= 11 is 6.22. The average Bonchev–Trinajstić information content (AvgIpc) is 3.24. The van der Waals surface area contributed by atoms with Crippen LogP contribution in [0.25, 0.3) is 0 Å². The third-order valence-corrected chi connectivity index (χ3v) is 4.94. The molecule has 2 aromatic carbocycles. The molecule has 1 aliphatic rings. The largest absolute Gasteiger partial charge is 0.454 e. The van der Waals surface area contributed by atoms with Crippen LogP contribution in [0.15, 0.2) is 65.9 Å². The third kappa shape index (κ3) is 4.52. The highest BCUT2D eigenvalue weighted by atomic mass is 35.5. The van der Waals surface area contributed by atoms with Crippen LogP contribution in [0, 0.1) is 6.92 Å². The van der Waals surface area contributed by atoms with Crippen LogP contribution >= 0.6 is 11.6 Å². The topological polar surface area (TPSA) is 84.8 Å². The third-order valence-electron chi connectivity index (χ3n) is 4.53. The summed E-state index contributed by atoms with van der Waals surface area (Å²) in [5.74, 6) is 1.12. The van der Waals surface area contributed by atoms with Crippen molar-refractivity contribution in [2.24, 2.45) is 4.99 Å². The minimum Gasteiger partial charge on any atom is -0.454 e. The van der Waals surface area contributed by atoms with Gasteiger partial charge in [-0.3, -0.25) is 15.1 Å². The van der Waals surface area contributed by atoms with Crippen LogP contribution in [0.2, 0.25) is 5.02 Å². The van der Waals surface area contributed by atoms with Crippen molar-refractivity contribution in [2.45, 2.75) is 13.5 Å². The lowest BCUT2D eigenvalue weighted by Crippen LogP contribution is -2.36. The highest BCUT2D eigenvalue weighted by molar-refractivity contribution is 6.31. The number of fused-ring (bicyclic) bond motifs is 1. The van der Waals surface area contributed by atoms with Crippen LogP contribution < -0.4 is 20.1 Å². The molecule has 1 aromatic heterocycles. The van der Waals surface area contributed by atoms with Gasteiger partial charge in [0.1, 0.15) is 0 Å². The first-order valence-electron chi connectivity index (χ1n) is 9.26. The van der Waals surface area contributed by atoms with E-state index in [4.69, 9.17) is 21.1 Å². The Labute approximate surface area is 178 Å². The predicted molar refractivity (Wildman–Crippen MR) is 115 cm³/mol. The van der Waals surface area contributed by atoms with Gasteiger partial charge in [-0.2, -0.15) is 0 Å². The van der Waals surface area contributed by atoms with Gasteiger partial charge >= 0.3 is 0 Å². The van der Waals surface area contributed by atoms with Crippen LogP contribution in [0.4, 0.5) is 5.69 Å². The van der Waals surface area contributed by atoms with E-state index in [1.165, 1.54) is 0 Å². The summed E-state index contributed by atoms with van der Waals surface area (Å²) in [5, 5.41) is 6.62. The van der Waals surface area contributed by atoms with Crippen LogP contribution in [0.5, 0.6) is 11.5 Å². The highest BCUT2D eigenvalue weighted by Gasteiger charge is 2.17. The number of ether oxygens (including phenoxy) is 2. The molecule has 0 bridgehead atoms. The number of aliphatic imine (C=N–C) groups is 1. The van der Waals surface area contributed by atoms with Gasteiger partial charge in [0.25, 0.3) is 5.91 Å². The van der Waals surface area contributed by atoms with Gasteiger partial charge in [0.05, 0.1) is 6.54 Å². The van der Waals surface area contributed by atoms with E-state index in [-0.39, 0.29) is 12.7 Å². The Kier molecular flexibility index (Phi) is 5.81. The maximum absolute atomic E-state index is 12.8. The van der Waals surface area contributed by atoms with Gasteiger partial charge in [-0.25, -0.2) is 4.99 Å². The van der Waals surface area contributed by atoms with Crippen molar-refractivity contribution in [3.63, 3.8) is 0 Å². The van der Waals surface area contributed by atoms with Gasteiger partial charge in [0.15, 0.2) is 11.5 Å². The summed E-state index contributed by atoms with van der Waals surface area (Å²) in [5.41, 5.74) is 2.94. The molecule has 1 amide bonds. The lowest BCUT2D eigenvalue weighted by Gasteiger charge is -2.14. The number of nitrogens with zero attached hydrogens (tertiary/aromatic N) is 2. The van der Waals surface area contributed by atoms with Crippen molar-refractivity contribution in [3.8, 4) is 11.5 Å². The Morgan fingerprint density at radius 3 is 2.87 bits per heavy atom. The molecule has 1 aliphatic heterocycles. The zero-order valence-corrected chi connectivity index (χ0v) is 16.9. The smallest absolute Gasteiger partial charge is 0.258 e. The first-order chi connectivity index (χ1) is 14.6. The van der Waals surface area contributed by atoms with Crippen molar-refractivity contribution >= 4 is 29.2 Å². The molecule has 0 spiro atoms. The molecule has 8 heteroatoms. The number of carbonyl (C=O) groups is 1. The molecule has 0 unspecified atom stereocenters. The van der Waals surface area contributed by atoms with E-state index >= 15 is 0 Å². The monoisotopic (exact) mass is 422 g/mol. The number of rotatable bonds is 4. The van der Waals surface area contributed by atoms with Crippen LogP contribution in [-0.4, -0.2) is 23.6 Å². The molecule has 2 heterocycles. The summed E-state index contributed by atoms with van der Waals surface area (Å²) in [6.07, 6.45) is 3.43. The summed E-state index contributed by atoms with van der Waals surface area (Å²) in [6, 6.07) is 14.3. The number of halogens is 1. The number of benzene rings is 2. The van der Waals surface area contributed by atoms with E-state index < -0.39 is 0 Å². The molecule has 0 fully saturated rings. The van der Waals surface area contributed by atoms with Crippen molar-refractivity contribution < 1.29 is 14.3 Å². The first kappa shape index (κ1) is 19.7. The quantitative estimate of drug-likeness (QED) is 0.487. The Balaban J connectivity index is 1.57. The van der Waals surface area contributed by atoms with E-state index in [0.717, 1.165) is 16.8 Å². The number of hydrogen-bond acceptors (Lipinski definition) is 5. The van der Waals surface area contributed by atoms with Crippen molar-refractivity contribution in [1.82, 2.24) is 10.3 Å². The zero-order valence-electron chi connectivity index (χ0n) is 16.2. The maximum atomic E-state index is 12.8. The molecule has 0 aliphatic carbocycles. The van der Waals surface area contributed by atoms with Gasteiger partial charge in [-0.15, -0.1) is 0 Å². The van der Waals surface area contributed by atoms with Gasteiger partial charge in [0.2, 0.25) is 12.8 Å². The fraction of sp³-hybridized carbons (Fsp3) is 0.136. The molecule has 3 aromatic rings. The first-order valence-corrected chi connectivity index (χ1v) is 9.64. The van der Waals surface area contributed by atoms with Gasteiger partial charge in [0, 0.05) is 28.7 Å². The maximum Gasteiger partial charge on any atom is 0.258 e. The Morgan fingerprint density at radius 1 is 1.17 bits per heavy atom. The van der Waals surface area contributed by atoms with Gasteiger partial charge in [-0.1, -0.05) is 23.7 Å². The standard InChI is InChI=1S/C22H19ClN4O3/c1-14-17(23)5-2-6-18(14)26-22(25-12-15-4-3-9-24-11-15)27-21(28)16-7-8-19-20(10-16)30-13-29-19/h2-11H,12-13H2,1H3,(H2,25,26,27,28). The second-order valence-corrected chi connectivity index (χ2v) is 6.99. The summed E-state index contributed by atoms with van der Waals surface area (Å²) in [6.45, 7) is 2.38. The number of anilines is 1. The van der Waals surface area contributed by atoms with E-state index in [1.54, 1.807) is 36.7 Å². The lowest BCUT2D eigenvalue weighted by atomic mass is 10.2. The zero-order chi connectivity index (χ0) is 20.9. The Hall–Kier alpha value is -3.58. The fourth-order valence-corrected chi connectivity index (χ4v) is 3.03. The van der Waals surface area contributed by atoms with Crippen LogP contribution in [0.1, 0.15) is 21.5 Å². The minimum atomic E-state index is -0.328. The second-order valence-electron chi connectivity index (χ2n) is 6.59. The minimum absolute atomic E-state index is 0.147. The van der Waals surface area contributed by atoms with Gasteiger partial charge < -0.3 is 14.8 Å². The molecular weight excluding hydrogens is 404 g/mol. The molecule has 7 nitrogen and oxygen atoms in total. The Bertz CT molecular complexity index is 1100. The molecule has 4 rings (SSSR count). The number of amides is 1. The number of aromatic nitrogens is 1. The second kappa shape index (κ2) is 8.84. The van der Waals surface area contributed by atoms with E-state index in [9.17, 15) is 4.79 Å². The van der Waals surface area contributed by atoms with Crippen molar-refractivity contribution in [3.05, 3.63) is 82.6 Å². The van der Waals surface area contributed by atoms with E-state index in [1.807, 2.05) is 31.2 Å². The lowest BCUT2D eigenvalue weighted by molar-refractivity contribution is 0.0976. The van der Waals surface area contributed by atoms with Crippen molar-refractivity contribution in [1.29, 1.82) is 0 Å². The molecule has 0 atom stereocenters.